The van der Waals surface area contributed by atoms with E-state index in [1.54, 1.807) is 0 Å². The van der Waals surface area contributed by atoms with E-state index in [0.29, 0.717) is 25.9 Å². The second-order valence-corrected chi connectivity index (χ2v) is 5.50. The summed E-state index contributed by atoms with van der Waals surface area (Å²) in [5, 5.41) is 12.6. The molecule has 1 saturated carbocycles. The molecule has 0 aliphatic heterocycles. The first-order valence-corrected chi connectivity index (χ1v) is 6.94. The van der Waals surface area contributed by atoms with Gasteiger partial charge in [0.25, 0.3) is 0 Å². The molecule has 4 heteroatoms. The summed E-state index contributed by atoms with van der Waals surface area (Å²) >= 11 is 0. The molecule has 0 aromatic rings. The third kappa shape index (κ3) is 6.95. The van der Waals surface area contributed by atoms with E-state index in [9.17, 15) is 5.26 Å². The Kier molecular flexibility index (Phi) is 6.62. The van der Waals surface area contributed by atoms with Gasteiger partial charge in [0.2, 0.25) is 0 Å². The normalized spacial score (nSPS) is 18.6. The van der Waals surface area contributed by atoms with Crippen molar-refractivity contribution in [1.29, 1.82) is 5.26 Å². The third-order valence-electron chi connectivity index (χ3n) is 2.99. The maximum absolute atomic E-state index is 9.19. The van der Waals surface area contributed by atoms with E-state index in [1.165, 1.54) is 12.8 Å². The zero-order valence-electron chi connectivity index (χ0n) is 11.9. The molecule has 1 N–H and O–H groups in total. The largest absolute Gasteiger partial charge is 0.379 e. The molecule has 1 atom stereocenters. The van der Waals surface area contributed by atoms with Crippen LogP contribution in [-0.2, 0) is 9.47 Å². The van der Waals surface area contributed by atoms with Crippen molar-refractivity contribution >= 4 is 0 Å². The Balaban J connectivity index is 2.00. The number of nitriles is 1. The highest BCUT2D eigenvalue weighted by molar-refractivity contribution is 5.06. The van der Waals surface area contributed by atoms with Crippen LogP contribution in [0.5, 0.6) is 0 Å². The van der Waals surface area contributed by atoms with Crippen LogP contribution in [0.2, 0.25) is 0 Å². The first kappa shape index (κ1) is 15.4. The van der Waals surface area contributed by atoms with Crippen molar-refractivity contribution in [2.75, 3.05) is 19.8 Å². The van der Waals surface area contributed by atoms with Crippen LogP contribution in [0, 0.1) is 11.3 Å². The summed E-state index contributed by atoms with van der Waals surface area (Å²) in [7, 11) is 0. The minimum absolute atomic E-state index is 0.262. The van der Waals surface area contributed by atoms with Gasteiger partial charge in [-0.15, -0.1) is 0 Å². The molecule has 0 radical (unpaired) electrons. The van der Waals surface area contributed by atoms with E-state index in [2.05, 4.69) is 11.4 Å². The molecular weight excluding hydrogens is 228 g/mol. The minimum Gasteiger partial charge on any atom is -0.379 e. The second-order valence-electron chi connectivity index (χ2n) is 5.50. The van der Waals surface area contributed by atoms with E-state index in [4.69, 9.17) is 9.47 Å². The first-order chi connectivity index (χ1) is 8.56. The summed E-state index contributed by atoms with van der Waals surface area (Å²) in [4.78, 5) is 0. The van der Waals surface area contributed by atoms with Gasteiger partial charge < -0.3 is 9.47 Å². The van der Waals surface area contributed by atoms with Gasteiger partial charge in [0.05, 0.1) is 25.4 Å². The van der Waals surface area contributed by atoms with Crippen LogP contribution in [0.25, 0.3) is 0 Å². The van der Waals surface area contributed by atoms with Gasteiger partial charge in [0.15, 0.2) is 0 Å². The molecule has 0 saturated heterocycles. The summed E-state index contributed by atoms with van der Waals surface area (Å²) in [5.41, 5.74) is -0.390. The van der Waals surface area contributed by atoms with Crippen LogP contribution >= 0.6 is 0 Å². The van der Waals surface area contributed by atoms with E-state index in [-0.39, 0.29) is 11.6 Å². The molecule has 1 rings (SSSR count). The Labute approximate surface area is 111 Å². The molecule has 1 aliphatic rings. The summed E-state index contributed by atoms with van der Waals surface area (Å²) in [6.07, 6.45) is 4.43. The maximum Gasteiger partial charge on any atom is 0.104 e. The van der Waals surface area contributed by atoms with Crippen LogP contribution in [0.3, 0.4) is 0 Å². The lowest BCUT2D eigenvalue weighted by atomic mass is 9.98. The topological polar surface area (TPSA) is 54.3 Å². The van der Waals surface area contributed by atoms with Crippen LogP contribution in [0.4, 0.5) is 0 Å². The van der Waals surface area contributed by atoms with E-state index in [1.807, 2.05) is 20.8 Å². The average Bonchev–Trinajstić information content (AvgIpc) is 3.11. The third-order valence-corrected chi connectivity index (χ3v) is 2.99. The monoisotopic (exact) mass is 254 g/mol. The highest BCUT2D eigenvalue weighted by Crippen LogP contribution is 2.24. The Morgan fingerprint density at radius 3 is 2.61 bits per heavy atom. The summed E-state index contributed by atoms with van der Waals surface area (Å²) in [6.45, 7) is 7.99. The van der Waals surface area contributed by atoms with Crippen LogP contribution < -0.4 is 5.32 Å². The smallest absolute Gasteiger partial charge is 0.104 e. The molecule has 0 spiro atoms. The molecule has 1 unspecified atom stereocenters. The standard InChI is InChI=1S/C14H26N2O2/c1-12(2)18-10-9-17-8-4-7-14(3,11-15)16-13-5-6-13/h12-13,16H,4-10H2,1-3H3. The highest BCUT2D eigenvalue weighted by Gasteiger charge is 2.31. The number of nitrogens with one attached hydrogen (secondary N) is 1. The fraction of sp³-hybridized carbons (Fsp3) is 0.929. The Bertz CT molecular complexity index is 271. The van der Waals surface area contributed by atoms with Gasteiger partial charge in [-0.25, -0.2) is 0 Å². The lowest BCUT2D eigenvalue weighted by Gasteiger charge is -2.23. The van der Waals surface area contributed by atoms with Gasteiger partial charge in [-0.3, -0.25) is 5.32 Å². The predicted octanol–water partition coefficient (Wildman–Crippen LogP) is 2.24. The average molecular weight is 254 g/mol. The van der Waals surface area contributed by atoms with Gasteiger partial charge in [-0.05, 0) is 46.5 Å². The van der Waals surface area contributed by atoms with E-state index in [0.717, 1.165) is 12.8 Å². The predicted molar refractivity (Wildman–Crippen MR) is 71.3 cm³/mol. The molecule has 0 aromatic carbocycles. The van der Waals surface area contributed by atoms with Gasteiger partial charge in [-0.2, -0.15) is 5.26 Å². The zero-order valence-corrected chi connectivity index (χ0v) is 11.9. The van der Waals surface area contributed by atoms with Crippen molar-refractivity contribution < 1.29 is 9.47 Å². The number of rotatable bonds is 10. The van der Waals surface area contributed by atoms with Gasteiger partial charge in [0, 0.05) is 12.6 Å². The lowest BCUT2D eigenvalue weighted by molar-refractivity contribution is 0.0180. The number of nitrogens with zero attached hydrogens (tertiary/aromatic N) is 1. The fourth-order valence-corrected chi connectivity index (χ4v) is 1.81. The molecule has 0 bridgehead atoms. The van der Waals surface area contributed by atoms with Crippen LogP contribution in [0.1, 0.15) is 46.5 Å². The first-order valence-electron chi connectivity index (χ1n) is 6.94. The Hall–Kier alpha value is -0.630. The molecule has 0 aromatic heterocycles. The highest BCUT2D eigenvalue weighted by atomic mass is 16.5. The van der Waals surface area contributed by atoms with Crippen LogP contribution in [0.15, 0.2) is 0 Å². The second kappa shape index (κ2) is 7.73. The number of hydrogen-bond donors (Lipinski definition) is 1. The lowest BCUT2D eigenvalue weighted by Crippen LogP contribution is -2.42. The van der Waals surface area contributed by atoms with Crippen molar-refractivity contribution in [1.82, 2.24) is 5.32 Å². The van der Waals surface area contributed by atoms with Crippen molar-refractivity contribution in [2.45, 2.75) is 64.1 Å². The molecular formula is C14H26N2O2. The molecule has 104 valence electrons. The van der Waals surface area contributed by atoms with Gasteiger partial charge in [-0.1, -0.05) is 0 Å². The van der Waals surface area contributed by atoms with Crippen LogP contribution in [-0.4, -0.2) is 37.5 Å². The molecule has 0 amide bonds. The van der Waals surface area contributed by atoms with Gasteiger partial charge in [0.1, 0.15) is 5.54 Å². The molecule has 1 fully saturated rings. The molecule has 4 nitrogen and oxygen atoms in total. The quantitative estimate of drug-likeness (QED) is 0.607. The zero-order chi connectivity index (χ0) is 13.4. The van der Waals surface area contributed by atoms with E-state index < -0.39 is 0 Å². The van der Waals surface area contributed by atoms with Crippen molar-refractivity contribution in [3.8, 4) is 6.07 Å². The molecule has 18 heavy (non-hydrogen) atoms. The minimum atomic E-state index is -0.390. The van der Waals surface area contributed by atoms with Gasteiger partial charge >= 0.3 is 0 Å². The van der Waals surface area contributed by atoms with Crippen molar-refractivity contribution in [3.05, 3.63) is 0 Å². The summed E-state index contributed by atoms with van der Waals surface area (Å²) in [5.74, 6) is 0. The maximum atomic E-state index is 9.19. The SMILES string of the molecule is CC(C)OCCOCCCC(C)(C#N)NC1CC1. The van der Waals surface area contributed by atoms with Crippen molar-refractivity contribution in [3.63, 3.8) is 0 Å². The Morgan fingerprint density at radius 1 is 1.33 bits per heavy atom. The summed E-state index contributed by atoms with van der Waals surface area (Å²) < 4.78 is 10.9. The summed E-state index contributed by atoms with van der Waals surface area (Å²) in [6, 6.07) is 2.94. The molecule has 0 heterocycles. The van der Waals surface area contributed by atoms with Crippen molar-refractivity contribution in [2.24, 2.45) is 0 Å². The number of hydrogen-bond acceptors (Lipinski definition) is 4. The Morgan fingerprint density at radius 2 is 2.06 bits per heavy atom. The number of ether oxygens (including phenoxy) is 2. The fourth-order valence-electron chi connectivity index (χ4n) is 1.81. The van der Waals surface area contributed by atoms with E-state index >= 15 is 0 Å². The molecule has 1 aliphatic carbocycles.